The van der Waals surface area contributed by atoms with E-state index in [1.165, 1.54) is 25.7 Å². The van der Waals surface area contributed by atoms with Crippen LogP contribution < -0.4 is 0 Å². The highest BCUT2D eigenvalue weighted by atomic mass is 79.9. The van der Waals surface area contributed by atoms with Crippen LogP contribution in [0, 0.1) is 11.8 Å². The summed E-state index contributed by atoms with van der Waals surface area (Å²) in [5.41, 5.74) is 0. The summed E-state index contributed by atoms with van der Waals surface area (Å²) >= 11 is 3.71. The molecule has 0 aromatic heterocycles. The zero-order valence-corrected chi connectivity index (χ0v) is 12.4. The summed E-state index contributed by atoms with van der Waals surface area (Å²) in [4.78, 5) is 15.1. The van der Waals surface area contributed by atoms with E-state index < -0.39 is 0 Å². The van der Waals surface area contributed by atoms with E-state index >= 15 is 0 Å². The highest BCUT2D eigenvalue weighted by molar-refractivity contribution is 9.09. The number of alkyl halides is 1. The lowest BCUT2D eigenvalue weighted by molar-refractivity contribution is -0.137. The SMILES string of the molecule is CC1CCN(C(=O)C2CCCCCC2)CC1Br. The third-order valence-corrected chi connectivity index (χ3v) is 5.57. The van der Waals surface area contributed by atoms with Crippen LogP contribution >= 0.6 is 15.9 Å². The minimum atomic E-state index is 0.325. The van der Waals surface area contributed by atoms with E-state index in [4.69, 9.17) is 0 Å². The highest BCUT2D eigenvalue weighted by Crippen LogP contribution is 2.28. The molecule has 1 heterocycles. The number of carbonyl (C=O) groups excluding carboxylic acids is 1. The zero-order valence-electron chi connectivity index (χ0n) is 10.8. The molecular weight excluding hydrogens is 278 g/mol. The second-order valence-corrected chi connectivity index (χ2v) is 6.93. The van der Waals surface area contributed by atoms with E-state index in [-0.39, 0.29) is 0 Å². The van der Waals surface area contributed by atoms with Crippen molar-refractivity contribution in [3.8, 4) is 0 Å². The molecule has 1 saturated heterocycles. The maximum Gasteiger partial charge on any atom is 0.225 e. The Morgan fingerprint density at radius 3 is 2.35 bits per heavy atom. The quantitative estimate of drug-likeness (QED) is 0.535. The summed E-state index contributed by atoms with van der Waals surface area (Å²) < 4.78 is 0. The summed E-state index contributed by atoms with van der Waals surface area (Å²) in [5, 5.41) is 0. The minimum Gasteiger partial charge on any atom is -0.341 e. The fraction of sp³-hybridized carbons (Fsp3) is 0.929. The first-order chi connectivity index (χ1) is 8.18. The van der Waals surface area contributed by atoms with Crippen molar-refractivity contribution in [3.63, 3.8) is 0 Å². The Balaban J connectivity index is 1.90. The number of hydrogen-bond acceptors (Lipinski definition) is 1. The lowest BCUT2D eigenvalue weighted by Crippen LogP contribution is -2.46. The Bertz CT molecular complexity index is 261. The molecular formula is C14H24BrNO. The van der Waals surface area contributed by atoms with E-state index in [1.54, 1.807) is 0 Å². The van der Waals surface area contributed by atoms with Crippen molar-refractivity contribution in [2.75, 3.05) is 13.1 Å². The predicted octanol–water partition coefficient (Wildman–Crippen LogP) is 3.59. The Kier molecular flexibility index (Phi) is 4.89. The number of piperidine rings is 1. The normalized spacial score (nSPS) is 32.2. The second-order valence-electron chi connectivity index (χ2n) is 5.75. The molecule has 98 valence electrons. The summed E-state index contributed by atoms with van der Waals surface area (Å²) in [5.74, 6) is 1.46. The van der Waals surface area contributed by atoms with Gasteiger partial charge >= 0.3 is 0 Å². The van der Waals surface area contributed by atoms with Crippen molar-refractivity contribution in [3.05, 3.63) is 0 Å². The van der Waals surface area contributed by atoms with Crippen molar-refractivity contribution in [1.29, 1.82) is 0 Å². The molecule has 17 heavy (non-hydrogen) atoms. The molecule has 2 aliphatic rings. The molecule has 2 fully saturated rings. The minimum absolute atomic E-state index is 0.325. The Labute approximate surface area is 113 Å². The monoisotopic (exact) mass is 301 g/mol. The number of carbonyl (C=O) groups is 1. The van der Waals surface area contributed by atoms with Gasteiger partial charge in [0.15, 0.2) is 0 Å². The second kappa shape index (κ2) is 6.21. The molecule has 0 aromatic rings. The fourth-order valence-electron chi connectivity index (χ4n) is 3.01. The first-order valence-electron chi connectivity index (χ1n) is 7.11. The molecule has 0 aromatic carbocycles. The zero-order chi connectivity index (χ0) is 12.3. The predicted molar refractivity (Wildman–Crippen MR) is 74.3 cm³/mol. The summed E-state index contributed by atoms with van der Waals surface area (Å²) in [7, 11) is 0. The highest BCUT2D eigenvalue weighted by Gasteiger charge is 2.30. The van der Waals surface area contributed by atoms with Gasteiger partial charge in [0.05, 0.1) is 0 Å². The lowest BCUT2D eigenvalue weighted by atomic mass is 9.94. The molecule has 2 rings (SSSR count). The van der Waals surface area contributed by atoms with Crippen LogP contribution in [0.3, 0.4) is 0 Å². The van der Waals surface area contributed by atoms with Crippen molar-refractivity contribution in [1.82, 2.24) is 4.90 Å². The number of halogens is 1. The topological polar surface area (TPSA) is 20.3 Å². The van der Waals surface area contributed by atoms with Crippen LogP contribution in [-0.2, 0) is 4.79 Å². The number of amides is 1. The summed E-state index contributed by atoms with van der Waals surface area (Å²) in [6.07, 6.45) is 8.53. The number of nitrogens with zero attached hydrogens (tertiary/aromatic N) is 1. The smallest absolute Gasteiger partial charge is 0.225 e. The van der Waals surface area contributed by atoms with Gasteiger partial charge in [-0.3, -0.25) is 4.79 Å². The van der Waals surface area contributed by atoms with Gasteiger partial charge < -0.3 is 4.90 Å². The fourth-order valence-corrected chi connectivity index (χ4v) is 3.62. The van der Waals surface area contributed by atoms with Gasteiger partial charge in [0.2, 0.25) is 5.91 Å². The van der Waals surface area contributed by atoms with Gasteiger partial charge in [0, 0.05) is 23.8 Å². The van der Waals surface area contributed by atoms with Crippen molar-refractivity contribution >= 4 is 21.8 Å². The molecule has 1 aliphatic heterocycles. The largest absolute Gasteiger partial charge is 0.341 e. The maximum atomic E-state index is 12.5. The molecule has 2 atom stereocenters. The van der Waals surface area contributed by atoms with Crippen LogP contribution in [0.25, 0.3) is 0 Å². The van der Waals surface area contributed by atoms with Crippen LogP contribution in [0.4, 0.5) is 0 Å². The van der Waals surface area contributed by atoms with Crippen LogP contribution in [0.5, 0.6) is 0 Å². The Hall–Kier alpha value is -0.0500. The number of likely N-dealkylation sites (tertiary alicyclic amines) is 1. The third-order valence-electron chi connectivity index (χ3n) is 4.38. The first-order valence-corrected chi connectivity index (χ1v) is 8.03. The van der Waals surface area contributed by atoms with Gasteiger partial charge in [0.25, 0.3) is 0 Å². The van der Waals surface area contributed by atoms with Crippen molar-refractivity contribution < 1.29 is 4.79 Å². The number of hydrogen-bond donors (Lipinski definition) is 0. The van der Waals surface area contributed by atoms with Crippen molar-refractivity contribution in [2.24, 2.45) is 11.8 Å². The Morgan fingerprint density at radius 1 is 1.12 bits per heavy atom. The summed E-state index contributed by atoms with van der Waals surface area (Å²) in [6, 6.07) is 0. The van der Waals surface area contributed by atoms with Gasteiger partial charge in [-0.15, -0.1) is 0 Å². The Morgan fingerprint density at radius 2 is 1.76 bits per heavy atom. The van der Waals surface area contributed by atoms with E-state index in [0.717, 1.165) is 32.4 Å². The molecule has 1 amide bonds. The van der Waals surface area contributed by atoms with E-state index in [9.17, 15) is 4.79 Å². The standard InChI is InChI=1S/C14H24BrNO/c1-11-8-9-16(10-13(11)15)14(17)12-6-4-2-3-5-7-12/h11-13H,2-10H2,1H3. The van der Waals surface area contributed by atoms with E-state index in [1.807, 2.05) is 0 Å². The van der Waals surface area contributed by atoms with Crippen molar-refractivity contribution in [2.45, 2.75) is 56.7 Å². The molecule has 0 N–H and O–H groups in total. The van der Waals surface area contributed by atoms with Gasteiger partial charge in [-0.2, -0.15) is 0 Å². The van der Waals surface area contributed by atoms with Gasteiger partial charge in [-0.25, -0.2) is 0 Å². The lowest BCUT2D eigenvalue weighted by Gasteiger charge is -2.36. The maximum absolute atomic E-state index is 12.5. The van der Waals surface area contributed by atoms with Crippen LogP contribution in [0.2, 0.25) is 0 Å². The van der Waals surface area contributed by atoms with Gasteiger partial charge in [-0.05, 0) is 25.2 Å². The number of rotatable bonds is 1. The average molecular weight is 302 g/mol. The molecule has 2 unspecified atom stereocenters. The van der Waals surface area contributed by atoms with Gasteiger partial charge in [-0.1, -0.05) is 48.5 Å². The van der Waals surface area contributed by atoms with Crippen LogP contribution in [0.1, 0.15) is 51.9 Å². The average Bonchev–Trinajstić information content (AvgIpc) is 2.60. The molecule has 3 heteroatoms. The van der Waals surface area contributed by atoms with Gasteiger partial charge in [0.1, 0.15) is 0 Å². The molecule has 0 radical (unpaired) electrons. The first kappa shape index (κ1) is 13.4. The third kappa shape index (κ3) is 3.46. The molecule has 1 aliphatic carbocycles. The molecule has 2 nitrogen and oxygen atoms in total. The molecule has 1 saturated carbocycles. The van der Waals surface area contributed by atoms with E-state index in [2.05, 4.69) is 27.8 Å². The molecule has 0 spiro atoms. The van der Waals surface area contributed by atoms with Crippen LogP contribution in [0.15, 0.2) is 0 Å². The van der Waals surface area contributed by atoms with Crippen LogP contribution in [-0.4, -0.2) is 28.7 Å². The van der Waals surface area contributed by atoms with E-state index in [0.29, 0.717) is 22.6 Å². The summed E-state index contributed by atoms with van der Waals surface area (Å²) in [6.45, 7) is 4.15. The molecule has 0 bridgehead atoms.